The van der Waals surface area contributed by atoms with Gasteiger partial charge < -0.3 is 9.80 Å². The number of anilines is 1. The summed E-state index contributed by atoms with van der Waals surface area (Å²) >= 11 is 0. The number of carbonyl (C=O) groups excluding carboxylic acids is 1. The van der Waals surface area contributed by atoms with Gasteiger partial charge in [-0.2, -0.15) is 0 Å². The lowest BCUT2D eigenvalue weighted by atomic mass is 9.86. The van der Waals surface area contributed by atoms with Crippen molar-refractivity contribution in [3.05, 3.63) is 52.3 Å². The molecule has 1 saturated heterocycles. The molecule has 1 amide bonds. The Kier molecular flexibility index (Phi) is 7.09. The predicted octanol–water partition coefficient (Wildman–Crippen LogP) is 3.39. The predicted molar refractivity (Wildman–Crippen MR) is 129 cm³/mol. The van der Waals surface area contributed by atoms with Gasteiger partial charge >= 0.3 is 0 Å². The van der Waals surface area contributed by atoms with Crippen LogP contribution in [0.4, 0.5) is 5.95 Å². The summed E-state index contributed by atoms with van der Waals surface area (Å²) in [7, 11) is 0. The van der Waals surface area contributed by atoms with Gasteiger partial charge in [0.05, 0.1) is 0 Å². The minimum absolute atomic E-state index is 0.0664. The van der Waals surface area contributed by atoms with Crippen molar-refractivity contribution in [2.75, 3.05) is 44.2 Å². The summed E-state index contributed by atoms with van der Waals surface area (Å²) < 4.78 is 0. The topological polar surface area (TPSA) is 52.6 Å². The second-order valence-corrected chi connectivity index (χ2v) is 9.27. The fourth-order valence-corrected chi connectivity index (χ4v) is 4.91. The van der Waals surface area contributed by atoms with Crippen LogP contribution in [0.1, 0.15) is 48.2 Å². The molecule has 2 aromatic rings. The summed E-state index contributed by atoms with van der Waals surface area (Å²) in [5.41, 5.74) is 6.33. The van der Waals surface area contributed by atoms with Crippen molar-refractivity contribution < 1.29 is 4.79 Å². The van der Waals surface area contributed by atoms with E-state index in [1.807, 2.05) is 6.20 Å². The number of hydrogen-bond donors (Lipinski definition) is 0. The number of piperazine rings is 1. The maximum Gasteiger partial charge on any atom is 0.226 e. The fraction of sp³-hybridized carbons (Fsp3) is 0.577. The molecule has 4 rings (SSSR count). The van der Waals surface area contributed by atoms with Crippen LogP contribution >= 0.6 is 0 Å². The van der Waals surface area contributed by atoms with E-state index in [4.69, 9.17) is 4.98 Å². The lowest BCUT2D eigenvalue weighted by Crippen LogP contribution is -2.50. The minimum atomic E-state index is 0.0664. The van der Waals surface area contributed by atoms with E-state index < -0.39 is 0 Å². The largest absolute Gasteiger partial charge is 0.341 e. The van der Waals surface area contributed by atoms with E-state index >= 15 is 0 Å². The average Bonchev–Trinajstić information content (AvgIpc) is 2.82. The molecule has 1 aliphatic heterocycles. The van der Waals surface area contributed by atoms with Gasteiger partial charge in [0.15, 0.2) is 0 Å². The first-order chi connectivity index (χ1) is 15.5. The molecule has 6 nitrogen and oxygen atoms in total. The Morgan fingerprint density at radius 3 is 2.53 bits per heavy atom. The van der Waals surface area contributed by atoms with Crippen molar-refractivity contribution in [1.82, 2.24) is 19.8 Å². The van der Waals surface area contributed by atoms with Gasteiger partial charge in [0.1, 0.15) is 0 Å². The SMILES string of the molecule is CCN(CC)c1ncc2c(n1)CC[C@H](C(=O)N1CCN(Cc3ccc(C)c(C)c3)CC1)C2. The average molecular weight is 436 g/mol. The van der Waals surface area contributed by atoms with E-state index in [0.717, 1.165) is 82.3 Å². The number of aromatic nitrogens is 2. The van der Waals surface area contributed by atoms with Crippen LogP contribution in [0.2, 0.25) is 0 Å². The second-order valence-electron chi connectivity index (χ2n) is 9.27. The highest BCUT2D eigenvalue weighted by Gasteiger charge is 2.31. The highest BCUT2D eigenvalue weighted by Crippen LogP contribution is 2.27. The molecule has 0 bridgehead atoms. The van der Waals surface area contributed by atoms with Gasteiger partial charge in [-0.25, -0.2) is 9.97 Å². The molecule has 0 saturated carbocycles. The molecule has 1 atom stereocenters. The lowest BCUT2D eigenvalue weighted by molar-refractivity contribution is -0.137. The molecule has 6 heteroatoms. The van der Waals surface area contributed by atoms with Gasteiger partial charge in [0.25, 0.3) is 0 Å². The Morgan fingerprint density at radius 2 is 1.84 bits per heavy atom. The number of hydrogen-bond acceptors (Lipinski definition) is 5. The molecule has 172 valence electrons. The van der Waals surface area contributed by atoms with Crippen molar-refractivity contribution in [3.8, 4) is 0 Å². The molecule has 2 aliphatic rings. The van der Waals surface area contributed by atoms with Gasteiger partial charge in [0.2, 0.25) is 11.9 Å². The fourth-order valence-electron chi connectivity index (χ4n) is 4.91. The summed E-state index contributed by atoms with van der Waals surface area (Å²) in [6, 6.07) is 6.73. The molecule has 1 aliphatic carbocycles. The van der Waals surface area contributed by atoms with Crippen LogP contribution in [0, 0.1) is 19.8 Å². The molecular weight excluding hydrogens is 398 g/mol. The van der Waals surface area contributed by atoms with Crippen molar-refractivity contribution >= 4 is 11.9 Å². The first-order valence-corrected chi connectivity index (χ1v) is 12.2. The van der Waals surface area contributed by atoms with Gasteiger partial charge in [-0.3, -0.25) is 9.69 Å². The van der Waals surface area contributed by atoms with Gasteiger partial charge in [-0.15, -0.1) is 0 Å². The summed E-state index contributed by atoms with van der Waals surface area (Å²) in [4.78, 5) is 29.3. The molecule has 32 heavy (non-hydrogen) atoms. The van der Waals surface area contributed by atoms with E-state index in [1.165, 1.54) is 16.7 Å². The van der Waals surface area contributed by atoms with Gasteiger partial charge in [-0.05, 0) is 69.2 Å². The zero-order valence-electron chi connectivity index (χ0n) is 20.1. The van der Waals surface area contributed by atoms with Crippen LogP contribution in [0.15, 0.2) is 24.4 Å². The lowest BCUT2D eigenvalue weighted by Gasteiger charge is -2.37. The minimum Gasteiger partial charge on any atom is -0.341 e. The first kappa shape index (κ1) is 22.7. The maximum absolute atomic E-state index is 13.2. The molecular formula is C26H37N5O. The number of rotatable bonds is 6. The first-order valence-electron chi connectivity index (χ1n) is 12.2. The summed E-state index contributed by atoms with van der Waals surface area (Å²) in [5.74, 6) is 1.20. The number of benzene rings is 1. The van der Waals surface area contributed by atoms with Crippen LogP contribution in [-0.4, -0.2) is 64.9 Å². The van der Waals surface area contributed by atoms with Crippen molar-refractivity contribution in [1.29, 1.82) is 0 Å². The van der Waals surface area contributed by atoms with Crippen molar-refractivity contribution in [2.45, 2.75) is 53.5 Å². The normalized spacial score (nSPS) is 19.0. The number of fused-ring (bicyclic) bond motifs is 1. The number of aryl methyl sites for hydroxylation is 3. The Labute approximate surface area is 192 Å². The standard InChI is InChI=1S/C26H37N5O/c1-5-30(6-2)26-27-17-23-16-22(9-10-24(23)28-26)25(32)31-13-11-29(12-14-31)18-21-8-7-19(3)20(4)15-21/h7-8,15,17,22H,5-6,9-14,16,18H2,1-4H3/t22-/m0/s1. The molecule has 0 unspecified atom stereocenters. The smallest absolute Gasteiger partial charge is 0.226 e. The van der Waals surface area contributed by atoms with E-state index in [2.05, 4.69) is 65.6 Å². The number of amides is 1. The van der Waals surface area contributed by atoms with Crippen molar-refractivity contribution in [2.24, 2.45) is 5.92 Å². The van der Waals surface area contributed by atoms with Crippen molar-refractivity contribution in [3.63, 3.8) is 0 Å². The monoisotopic (exact) mass is 435 g/mol. The zero-order chi connectivity index (χ0) is 22.7. The van der Waals surface area contributed by atoms with E-state index in [1.54, 1.807) is 0 Å². The summed E-state index contributed by atoms with van der Waals surface area (Å²) in [6.07, 6.45) is 4.49. The Balaban J connectivity index is 1.31. The third-order valence-electron chi connectivity index (χ3n) is 7.19. The Morgan fingerprint density at radius 1 is 1.09 bits per heavy atom. The highest BCUT2D eigenvalue weighted by molar-refractivity contribution is 5.79. The molecule has 1 fully saturated rings. The third-order valence-corrected chi connectivity index (χ3v) is 7.19. The molecule has 0 N–H and O–H groups in total. The molecule has 0 radical (unpaired) electrons. The highest BCUT2D eigenvalue weighted by atomic mass is 16.2. The Hall–Kier alpha value is -2.47. The van der Waals surface area contributed by atoms with Crippen LogP contribution < -0.4 is 4.90 Å². The third kappa shape index (κ3) is 4.96. The quantitative estimate of drug-likeness (QED) is 0.696. The molecule has 1 aromatic heterocycles. The van der Waals surface area contributed by atoms with E-state index in [9.17, 15) is 4.79 Å². The molecule has 2 heterocycles. The number of carbonyl (C=O) groups is 1. The number of nitrogens with zero attached hydrogens (tertiary/aromatic N) is 5. The summed E-state index contributed by atoms with van der Waals surface area (Å²) in [6.45, 7) is 14.9. The van der Waals surface area contributed by atoms with E-state index in [0.29, 0.717) is 5.91 Å². The van der Waals surface area contributed by atoms with E-state index in [-0.39, 0.29) is 5.92 Å². The second kappa shape index (κ2) is 9.99. The van der Waals surface area contributed by atoms with Gasteiger partial charge in [0, 0.05) is 63.6 Å². The van der Waals surface area contributed by atoms with Gasteiger partial charge in [-0.1, -0.05) is 18.2 Å². The molecule has 0 spiro atoms. The maximum atomic E-state index is 13.2. The molecule has 1 aromatic carbocycles. The van der Waals surface area contributed by atoms with Crippen LogP contribution in [0.5, 0.6) is 0 Å². The Bertz CT molecular complexity index is 947. The summed E-state index contributed by atoms with van der Waals surface area (Å²) in [5, 5.41) is 0. The van der Waals surface area contributed by atoms with Crippen LogP contribution in [-0.2, 0) is 24.2 Å². The van der Waals surface area contributed by atoms with Crippen LogP contribution in [0.3, 0.4) is 0 Å². The zero-order valence-corrected chi connectivity index (χ0v) is 20.1. The van der Waals surface area contributed by atoms with Crippen LogP contribution in [0.25, 0.3) is 0 Å².